The van der Waals surface area contributed by atoms with Crippen LogP contribution in [0.25, 0.3) is 10.6 Å². The van der Waals surface area contributed by atoms with Crippen molar-refractivity contribution < 1.29 is 9.59 Å². The van der Waals surface area contributed by atoms with E-state index in [9.17, 15) is 9.59 Å². The summed E-state index contributed by atoms with van der Waals surface area (Å²) in [6.07, 6.45) is 6.75. The molecule has 1 atom stereocenters. The molecule has 0 radical (unpaired) electrons. The first-order valence-electron chi connectivity index (χ1n) is 8.65. The van der Waals surface area contributed by atoms with E-state index >= 15 is 0 Å². The van der Waals surface area contributed by atoms with E-state index in [1.165, 1.54) is 4.88 Å². The number of carbonyl (C=O) groups is 2. The molecule has 7 heteroatoms. The Hall–Kier alpha value is -2.28. The molecule has 1 fully saturated rings. The highest BCUT2D eigenvalue weighted by molar-refractivity contribution is 7.15. The topological polar surface area (TPSA) is 75.2 Å². The number of hydrogen-bond acceptors (Lipinski definition) is 5. The first kappa shape index (κ1) is 16.2. The molecule has 1 unspecified atom stereocenters. The maximum Gasteiger partial charge on any atom is 0.239 e. The molecule has 25 heavy (non-hydrogen) atoms. The fraction of sp³-hybridized carbons (Fsp3) is 0.444. The number of aromatic nitrogens is 2. The zero-order valence-electron chi connectivity index (χ0n) is 13.9. The molecule has 1 aliphatic carbocycles. The van der Waals surface area contributed by atoms with Crippen molar-refractivity contribution in [2.75, 3.05) is 19.6 Å². The van der Waals surface area contributed by atoms with Gasteiger partial charge in [-0.05, 0) is 31.4 Å². The molecule has 1 N–H and O–H groups in total. The smallest absolute Gasteiger partial charge is 0.239 e. The summed E-state index contributed by atoms with van der Waals surface area (Å²) in [5, 5.41) is 3.82. The van der Waals surface area contributed by atoms with Gasteiger partial charge in [-0.25, -0.2) is 4.98 Å². The van der Waals surface area contributed by atoms with Gasteiger partial charge in [-0.3, -0.25) is 14.6 Å². The predicted octanol–water partition coefficient (Wildman–Crippen LogP) is 1.66. The Balaban J connectivity index is 1.50. The zero-order valence-corrected chi connectivity index (χ0v) is 14.7. The van der Waals surface area contributed by atoms with Crippen LogP contribution in [0.15, 0.2) is 24.5 Å². The molecule has 0 spiro atoms. The Morgan fingerprint density at radius 1 is 1.32 bits per heavy atom. The average Bonchev–Trinajstić information content (AvgIpc) is 2.95. The molecule has 4 rings (SSSR count). The largest absolute Gasteiger partial charge is 0.354 e. The van der Waals surface area contributed by atoms with Crippen molar-refractivity contribution in [1.82, 2.24) is 20.2 Å². The van der Waals surface area contributed by atoms with Gasteiger partial charge in [-0.1, -0.05) is 0 Å². The molecule has 6 nitrogen and oxygen atoms in total. The van der Waals surface area contributed by atoms with Crippen LogP contribution in [0.2, 0.25) is 0 Å². The van der Waals surface area contributed by atoms with Gasteiger partial charge in [0.15, 0.2) is 0 Å². The van der Waals surface area contributed by atoms with Crippen LogP contribution in [-0.2, 0) is 22.4 Å². The van der Waals surface area contributed by atoms with Gasteiger partial charge in [0.05, 0.1) is 12.2 Å². The molecule has 2 aromatic heterocycles. The molecule has 1 saturated heterocycles. The third-order valence-corrected chi connectivity index (χ3v) is 5.99. The van der Waals surface area contributed by atoms with Crippen LogP contribution in [0, 0.1) is 5.92 Å². The van der Waals surface area contributed by atoms with Crippen molar-refractivity contribution in [2.45, 2.75) is 25.7 Å². The van der Waals surface area contributed by atoms with Gasteiger partial charge in [0.1, 0.15) is 5.01 Å². The molecular weight excluding hydrogens is 336 g/mol. The van der Waals surface area contributed by atoms with Gasteiger partial charge in [0.25, 0.3) is 0 Å². The second kappa shape index (κ2) is 6.92. The normalized spacial score (nSPS) is 20.6. The van der Waals surface area contributed by atoms with Gasteiger partial charge in [0.2, 0.25) is 11.8 Å². The number of aryl methyl sites for hydroxylation is 1. The van der Waals surface area contributed by atoms with Crippen LogP contribution < -0.4 is 5.32 Å². The lowest BCUT2D eigenvalue weighted by Crippen LogP contribution is -2.42. The molecule has 0 saturated carbocycles. The zero-order chi connectivity index (χ0) is 17.2. The average molecular weight is 356 g/mol. The van der Waals surface area contributed by atoms with E-state index in [4.69, 9.17) is 4.98 Å². The first-order valence-corrected chi connectivity index (χ1v) is 9.47. The van der Waals surface area contributed by atoms with E-state index < -0.39 is 0 Å². The van der Waals surface area contributed by atoms with Crippen LogP contribution in [0.5, 0.6) is 0 Å². The fourth-order valence-electron chi connectivity index (χ4n) is 3.46. The lowest BCUT2D eigenvalue weighted by Gasteiger charge is -2.27. The summed E-state index contributed by atoms with van der Waals surface area (Å²) in [6, 6.07) is 3.92. The van der Waals surface area contributed by atoms with Crippen LogP contribution in [0.4, 0.5) is 0 Å². The summed E-state index contributed by atoms with van der Waals surface area (Å²) in [6.45, 7) is 1.49. The second-order valence-corrected chi connectivity index (χ2v) is 7.61. The minimum Gasteiger partial charge on any atom is -0.354 e. The van der Waals surface area contributed by atoms with E-state index in [2.05, 4.69) is 10.3 Å². The van der Waals surface area contributed by atoms with Crippen molar-refractivity contribution in [1.29, 1.82) is 0 Å². The lowest BCUT2D eigenvalue weighted by molar-refractivity contribution is -0.139. The molecular formula is C18H20N4O2S. The maximum absolute atomic E-state index is 12.9. The summed E-state index contributed by atoms with van der Waals surface area (Å²) < 4.78 is 0. The minimum atomic E-state index is -0.0641. The molecule has 130 valence electrons. The molecule has 0 aromatic carbocycles. The monoisotopic (exact) mass is 356 g/mol. The summed E-state index contributed by atoms with van der Waals surface area (Å²) in [5.74, 6) is -0.0251. The summed E-state index contributed by atoms with van der Waals surface area (Å²) in [7, 11) is 0. The van der Waals surface area contributed by atoms with E-state index in [1.54, 1.807) is 28.6 Å². The van der Waals surface area contributed by atoms with E-state index in [0.717, 1.165) is 35.5 Å². The van der Waals surface area contributed by atoms with Crippen molar-refractivity contribution in [3.05, 3.63) is 35.1 Å². The minimum absolute atomic E-state index is 0.0593. The number of nitrogens with zero attached hydrogens (tertiary/aromatic N) is 3. The van der Waals surface area contributed by atoms with Crippen molar-refractivity contribution >= 4 is 23.2 Å². The summed E-state index contributed by atoms with van der Waals surface area (Å²) in [4.78, 5) is 36.4. The van der Waals surface area contributed by atoms with Crippen LogP contribution in [-0.4, -0.2) is 46.3 Å². The van der Waals surface area contributed by atoms with Crippen LogP contribution in [0.1, 0.15) is 23.4 Å². The van der Waals surface area contributed by atoms with Crippen molar-refractivity contribution in [3.63, 3.8) is 0 Å². The highest BCUT2D eigenvalue weighted by Gasteiger charge is 2.31. The molecule has 3 heterocycles. The van der Waals surface area contributed by atoms with E-state index in [0.29, 0.717) is 19.5 Å². The third kappa shape index (κ3) is 3.42. The molecule has 2 aliphatic rings. The van der Waals surface area contributed by atoms with E-state index in [1.807, 2.05) is 12.1 Å². The number of amides is 2. The number of thiazole rings is 1. The Labute approximate surface area is 150 Å². The van der Waals surface area contributed by atoms with Gasteiger partial charge in [0, 0.05) is 48.3 Å². The highest BCUT2D eigenvalue weighted by Crippen LogP contribution is 2.34. The van der Waals surface area contributed by atoms with Crippen LogP contribution in [0.3, 0.4) is 0 Å². The predicted molar refractivity (Wildman–Crippen MR) is 95.1 cm³/mol. The number of hydrogen-bond donors (Lipinski definition) is 1. The number of rotatable bonds is 2. The van der Waals surface area contributed by atoms with Gasteiger partial charge in [-0.2, -0.15) is 0 Å². The van der Waals surface area contributed by atoms with Crippen molar-refractivity contribution in [2.24, 2.45) is 5.92 Å². The number of pyridine rings is 1. The van der Waals surface area contributed by atoms with Gasteiger partial charge >= 0.3 is 0 Å². The Kier molecular flexibility index (Phi) is 4.48. The number of nitrogens with one attached hydrogen (secondary N) is 1. The molecule has 1 aliphatic heterocycles. The number of carbonyl (C=O) groups excluding carboxylic acids is 2. The summed E-state index contributed by atoms with van der Waals surface area (Å²) >= 11 is 1.71. The van der Waals surface area contributed by atoms with Crippen molar-refractivity contribution in [3.8, 4) is 10.6 Å². The van der Waals surface area contributed by atoms with Crippen LogP contribution >= 0.6 is 11.3 Å². The quantitative estimate of drug-likeness (QED) is 0.888. The summed E-state index contributed by atoms with van der Waals surface area (Å²) in [5.41, 5.74) is 2.11. The molecule has 0 bridgehead atoms. The first-order chi connectivity index (χ1) is 12.2. The second-order valence-electron chi connectivity index (χ2n) is 6.53. The lowest BCUT2D eigenvalue weighted by atomic mass is 9.89. The number of fused-ring (bicyclic) bond motifs is 1. The maximum atomic E-state index is 12.9. The Morgan fingerprint density at radius 3 is 3.00 bits per heavy atom. The highest BCUT2D eigenvalue weighted by atomic mass is 32.1. The van der Waals surface area contributed by atoms with E-state index in [-0.39, 0.29) is 24.3 Å². The fourth-order valence-corrected chi connectivity index (χ4v) is 4.57. The molecule has 2 aromatic rings. The van der Waals surface area contributed by atoms with Gasteiger partial charge < -0.3 is 10.2 Å². The SMILES string of the molecule is O=C1CN(C(=O)C2CCc3sc(-c4ccncc4)nc3C2)CCCN1. The Morgan fingerprint density at radius 2 is 2.16 bits per heavy atom. The van der Waals surface area contributed by atoms with Gasteiger partial charge in [-0.15, -0.1) is 11.3 Å². The standard InChI is InChI=1S/C18H20N4O2S/c23-16-11-22(9-1-6-20-16)18(24)13-2-3-15-14(10-13)21-17(25-15)12-4-7-19-8-5-12/h4-5,7-8,13H,1-3,6,9-11H2,(H,20,23). The Bertz CT molecular complexity index is 790. The molecule has 2 amide bonds. The third-order valence-electron chi connectivity index (χ3n) is 4.79.